The molecular formula is C37H60N2O4. The smallest absolute Gasteiger partial charge is 0.302 e. The number of ketones is 1. The van der Waals surface area contributed by atoms with E-state index in [1.807, 2.05) is 33.0 Å². The third-order valence-corrected chi connectivity index (χ3v) is 14.7. The van der Waals surface area contributed by atoms with Gasteiger partial charge in [-0.1, -0.05) is 47.1 Å². The summed E-state index contributed by atoms with van der Waals surface area (Å²) in [5.74, 6) is 1.51. The lowest BCUT2D eigenvalue weighted by atomic mass is 9.33. The summed E-state index contributed by atoms with van der Waals surface area (Å²) in [6.45, 7) is 19.5. The zero-order chi connectivity index (χ0) is 31.9. The van der Waals surface area contributed by atoms with Gasteiger partial charge in [0.2, 0.25) is 5.91 Å². The van der Waals surface area contributed by atoms with Crippen LogP contribution in [0.15, 0.2) is 11.6 Å². The van der Waals surface area contributed by atoms with E-state index in [1.54, 1.807) is 0 Å². The summed E-state index contributed by atoms with van der Waals surface area (Å²) < 4.78 is 5.99. The van der Waals surface area contributed by atoms with Gasteiger partial charge in [-0.2, -0.15) is 0 Å². The Morgan fingerprint density at radius 3 is 2.21 bits per heavy atom. The van der Waals surface area contributed by atoms with Crippen LogP contribution in [0.2, 0.25) is 0 Å². The van der Waals surface area contributed by atoms with Crippen LogP contribution >= 0.6 is 0 Å². The molecule has 0 aromatic carbocycles. The van der Waals surface area contributed by atoms with E-state index in [0.29, 0.717) is 36.5 Å². The number of amides is 1. The highest BCUT2D eigenvalue weighted by atomic mass is 16.5. The van der Waals surface area contributed by atoms with Crippen molar-refractivity contribution in [3.8, 4) is 0 Å². The van der Waals surface area contributed by atoms with Crippen molar-refractivity contribution in [3.05, 3.63) is 11.6 Å². The van der Waals surface area contributed by atoms with E-state index in [0.717, 1.165) is 32.2 Å². The molecule has 6 nitrogen and oxygen atoms in total. The first-order valence-corrected chi connectivity index (χ1v) is 17.2. The molecule has 11 atom stereocenters. The average Bonchev–Trinajstić information content (AvgIpc) is 2.92. The maximum absolute atomic E-state index is 14.7. The van der Waals surface area contributed by atoms with Gasteiger partial charge in [0.25, 0.3) is 0 Å². The molecule has 0 aromatic heterocycles. The summed E-state index contributed by atoms with van der Waals surface area (Å²) in [6, 6.07) is 0. The van der Waals surface area contributed by atoms with Gasteiger partial charge < -0.3 is 14.5 Å². The van der Waals surface area contributed by atoms with Gasteiger partial charge in [0.05, 0.1) is 5.41 Å². The zero-order valence-electron chi connectivity index (χ0n) is 29.1. The first-order valence-electron chi connectivity index (χ1n) is 17.2. The van der Waals surface area contributed by atoms with Crippen LogP contribution in [0, 0.1) is 56.7 Å². The molecule has 0 radical (unpaired) electrons. The number of carbonyl (C=O) groups excluding carboxylic acids is 3. The van der Waals surface area contributed by atoms with Gasteiger partial charge in [0.1, 0.15) is 6.10 Å². The molecule has 0 spiro atoms. The predicted octanol–water partition coefficient (Wildman–Crippen LogP) is 6.77. The number of hydrogen-bond donors (Lipinski definition) is 0. The number of hydrogen-bond acceptors (Lipinski definition) is 5. The van der Waals surface area contributed by atoms with Crippen molar-refractivity contribution in [2.75, 3.05) is 34.2 Å². The van der Waals surface area contributed by atoms with E-state index in [2.05, 4.69) is 52.5 Å². The van der Waals surface area contributed by atoms with Crippen LogP contribution in [0.3, 0.4) is 0 Å². The van der Waals surface area contributed by atoms with E-state index in [4.69, 9.17) is 4.74 Å². The summed E-state index contributed by atoms with van der Waals surface area (Å²) >= 11 is 0. The molecule has 0 aromatic rings. The fraction of sp³-hybridized carbons (Fsp3) is 0.865. The zero-order valence-corrected chi connectivity index (χ0v) is 29.1. The molecule has 242 valence electrons. The van der Waals surface area contributed by atoms with Crippen molar-refractivity contribution in [3.63, 3.8) is 0 Å². The van der Waals surface area contributed by atoms with Crippen molar-refractivity contribution in [2.24, 2.45) is 56.7 Å². The second kappa shape index (κ2) is 10.7. The summed E-state index contributed by atoms with van der Waals surface area (Å²) in [7, 11) is 5.91. The summed E-state index contributed by atoms with van der Waals surface area (Å²) in [5.41, 5.74) is 0.268. The molecule has 43 heavy (non-hydrogen) atoms. The maximum Gasteiger partial charge on any atom is 0.302 e. The van der Waals surface area contributed by atoms with E-state index in [1.165, 1.54) is 31.8 Å². The normalized spacial score (nSPS) is 47.4. The van der Waals surface area contributed by atoms with E-state index in [-0.39, 0.29) is 45.4 Å². The monoisotopic (exact) mass is 596 g/mol. The average molecular weight is 597 g/mol. The molecule has 5 aliphatic carbocycles. The first-order chi connectivity index (χ1) is 19.9. The summed E-state index contributed by atoms with van der Waals surface area (Å²) in [5, 5.41) is 0. The molecule has 0 unspecified atom stereocenters. The molecule has 4 saturated carbocycles. The topological polar surface area (TPSA) is 66.9 Å². The van der Waals surface area contributed by atoms with E-state index >= 15 is 0 Å². The van der Waals surface area contributed by atoms with Gasteiger partial charge in [0.15, 0.2) is 5.78 Å². The molecule has 0 bridgehead atoms. The number of allylic oxidation sites excluding steroid dienone is 2. The lowest BCUT2D eigenvalue weighted by Crippen LogP contribution is -2.69. The number of likely N-dealkylation sites (N-methyl/N-ethyl adjacent to an activating group) is 2. The van der Waals surface area contributed by atoms with E-state index in [9.17, 15) is 14.4 Å². The van der Waals surface area contributed by atoms with Crippen LogP contribution in [0.1, 0.15) is 107 Å². The lowest BCUT2D eigenvalue weighted by molar-refractivity contribution is -0.217. The molecule has 0 heterocycles. The van der Waals surface area contributed by atoms with Gasteiger partial charge >= 0.3 is 5.97 Å². The summed E-state index contributed by atoms with van der Waals surface area (Å²) in [6.07, 6.45) is 9.73. The van der Waals surface area contributed by atoms with Crippen molar-refractivity contribution in [1.82, 2.24) is 9.80 Å². The first kappa shape index (κ1) is 32.7. The van der Waals surface area contributed by atoms with Gasteiger partial charge in [-0.05, 0) is 124 Å². The third-order valence-electron chi connectivity index (χ3n) is 14.7. The fourth-order valence-corrected chi connectivity index (χ4v) is 11.9. The van der Waals surface area contributed by atoms with Crippen LogP contribution in [-0.2, 0) is 19.1 Å². The van der Waals surface area contributed by atoms with Crippen LogP contribution in [0.5, 0.6) is 0 Å². The number of nitrogens with zero attached hydrogens (tertiary/aromatic N) is 2. The predicted molar refractivity (Wildman–Crippen MR) is 171 cm³/mol. The largest absolute Gasteiger partial charge is 0.461 e. The van der Waals surface area contributed by atoms with Crippen LogP contribution in [0.25, 0.3) is 0 Å². The molecule has 6 heteroatoms. The molecule has 5 rings (SSSR count). The number of esters is 1. The number of rotatable bonds is 5. The van der Waals surface area contributed by atoms with Gasteiger partial charge in [0, 0.05) is 33.0 Å². The molecule has 4 fully saturated rings. The highest BCUT2D eigenvalue weighted by molar-refractivity contribution is 5.96. The highest BCUT2D eigenvalue weighted by Crippen LogP contribution is 2.75. The number of fused-ring (bicyclic) bond motifs is 7. The van der Waals surface area contributed by atoms with Gasteiger partial charge in [-0.3, -0.25) is 14.4 Å². The Bertz CT molecular complexity index is 1190. The molecule has 0 N–H and O–H groups in total. The molecule has 5 aliphatic rings. The molecule has 1 amide bonds. The third kappa shape index (κ3) is 4.61. The minimum absolute atomic E-state index is 0.0370. The standard InChI is InChI=1S/C37H60N2O4/c1-23-12-15-33(4)18-19-35(6)26(30(33)24(23)2)22-27(41)31-34(5)16-14-29(43-25(3)40)37(8,28(34)13-17-36(31,35)7)32(42)39(11)21-20-38(9)10/h22-24,28-31H,12-21H2,1-11H3/t23-,24+,28-,29-,30+,31-,33-,34+,35-,36-,37-/m1/s1. The minimum atomic E-state index is -0.884. The van der Waals surface area contributed by atoms with Gasteiger partial charge in [-0.15, -0.1) is 0 Å². The fourth-order valence-electron chi connectivity index (χ4n) is 11.9. The molecule has 0 aliphatic heterocycles. The Balaban J connectivity index is 1.59. The Labute approximate surface area is 261 Å². The second-order valence-electron chi connectivity index (χ2n) is 17.2. The van der Waals surface area contributed by atoms with Crippen LogP contribution < -0.4 is 0 Å². The SMILES string of the molecule is CC(=O)O[C@@H]1CC[C@@]2(C)[C@@H](CC[C@]3(C)[C@@H]2C(=O)C=C2[C@@H]4[C@@H](C)[C@H](C)CC[C@]4(C)CC[C@]23C)[C@@]1(C)C(=O)N(C)CCN(C)C. The number of carbonyl (C=O) groups is 3. The summed E-state index contributed by atoms with van der Waals surface area (Å²) in [4.78, 5) is 45.5. The van der Waals surface area contributed by atoms with Crippen molar-refractivity contribution in [1.29, 1.82) is 0 Å². The maximum atomic E-state index is 14.7. The molecule has 0 saturated heterocycles. The van der Waals surface area contributed by atoms with Gasteiger partial charge in [-0.25, -0.2) is 0 Å². The Morgan fingerprint density at radius 1 is 0.907 bits per heavy atom. The Hall–Kier alpha value is -1.69. The van der Waals surface area contributed by atoms with Crippen molar-refractivity contribution in [2.45, 2.75) is 113 Å². The second-order valence-corrected chi connectivity index (χ2v) is 17.2. The Morgan fingerprint density at radius 2 is 1.58 bits per heavy atom. The lowest BCUT2D eigenvalue weighted by Gasteiger charge is -2.70. The highest BCUT2D eigenvalue weighted by Gasteiger charge is 2.72. The van der Waals surface area contributed by atoms with Crippen molar-refractivity contribution < 1.29 is 19.1 Å². The quantitative estimate of drug-likeness (QED) is 0.328. The Kier molecular flexibility index (Phi) is 8.13. The number of ether oxygens (including phenoxy) is 1. The minimum Gasteiger partial charge on any atom is -0.461 e. The van der Waals surface area contributed by atoms with E-state index < -0.39 is 11.5 Å². The van der Waals surface area contributed by atoms with Crippen LogP contribution in [0.4, 0.5) is 0 Å². The van der Waals surface area contributed by atoms with Crippen molar-refractivity contribution >= 4 is 17.7 Å². The van der Waals surface area contributed by atoms with Crippen LogP contribution in [-0.4, -0.2) is 67.8 Å². The molecular weight excluding hydrogens is 536 g/mol.